The van der Waals surface area contributed by atoms with Crippen LogP contribution < -0.4 is 5.73 Å². The summed E-state index contributed by atoms with van der Waals surface area (Å²) >= 11 is 0. The molecule has 6 nitrogen and oxygen atoms in total. The molecule has 1 saturated heterocycles. The van der Waals surface area contributed by atoms with E-state index in [1.54, 1.807) is 4.90 Å². The number of piperidine rings is 1. The smallest absolute Gasteiger partial charge is 0.274 e. The first kappa shape index (κ1) is 16.5. The van der Waals surface area contributed by atoms with Crippen LogP contribution in [0.1, 0.15) is 43.0 Å². The lowest BCUT2D eigenvalue weighted by molar-refractivity contribution is -0.123. The number of nitrogens with zero attached hydrogens (tertiary/aromatic N) is 3. The monoisotopic (exact) mass is 328 g/mol. The van der Waals surface area contributed by atoms with Crippen molar-refractivity contribution in [1.29, 1.82) is 0 Å². The number of nitrogens with two attached hydrogens (primary N) is 1. The number of aromatic nitrogens is 2. The number of carbonyl (C=O) groups excluding carboxylic acids is 2. The predicted molar refractivity (Wildman–Crippen MR) is 91.6 cm³/mol. The minimum atomic E-state index is -0.270. The molecule has 0 saturated carbocycles. The molecule has 0 aliphatic carbocycles. The first-order valence-corrected chi connectivity index (χ1v) is 8.52. The van der Waals surface area contributed by atoms with Gasteiger partial charge in [0.15, 0.2) is 5.69 Å². The molecule has 128 valence electrons. The Hall–Kier alpha value is -2.37. The summed E-state index contributed by atoms with van der Waals surface area (Å²) in [4.78, 5) is 30.6. The van der Waals surface area contributed by atoms with Crippen LogP contribution in [0.5, 0.6) is 0 Å². The van der Waals surface area contributed by atoms with Crippen molar-refractivity contribution >= 4 is 17.3 Å². The number of rotatable bonds is 4. The highest BCUT2D eigenvalue weighted by molar-refractivity contribution is 5.99. The van der Waals surface area contributed by atoms with Gasteiger partial charge in [0.1, 0.15) is 5.82 Å². The Morgan fingerprint density at radius 3 is 2.62 bits per heavy atom. The normalized spacial score (nSPS) is 16.0. The zero-order valence-corrected chi connectivity index (χ0v) is 14.2. The molecule has 2 amide bonds. The van der Waals surface area contributed by atoms with Crippen LogP contribution in [0.15, 0.2) is 24.4 Å². The maximum absolute atomic E-state index is 12.9. The fourth-order valence-electron chi connectivity index (χ4n) is 3.28. The molecule has 0 bridgehead atoms. The van der Waals surface area contributed by atoms with Crippen LogP contribution in [-0.4, -0.2) is 39.2 Å². The van der Waals surface area contributed by atoms with Crippen LogP contribution in [0.4, 0.5) is 0 Å². The van der Waals surface area contributed by atoms with Gasteiger partial charge in [0.2, 0.25) is 5.91 Å². The number of hydrogen-bond acceptors (Lipinski definition) is 3. The van der Waals surface area contributed by atoms with Crippen molar-refractivity contribution in [3.05, 3.63) is 35.9 Å². The minimum Gasteiger partial charge on any atom is -0.369 e. The van der Waals surface area contributed by atoms with Gasteiger partial charge in [-0.3, -0.25) is 9.59 Å². The number of pyridine rings is 1. The summed E-state index contributed by atoms with van der Waals surface area (Å²) in [5.74, 6) is 0.927. The summed E-state index contributed by atoms with van der Waals surface area (Å²) < 4.78 is 2.00. The second kappa shape index (κ2) is 6.63. The molecule has 2 N–H and O–H groups in total. The van der Waals surface area contributed by atoms with Crippen LogP contribution in [0.3, 0.4) is 0 Å². The van der Waals surface area contributed by atoms with Gasteiger partial charge in [-0.2, -0.15) is 0 Å². The number of hydrogen-bond donors (Lipinski definition) is 1. The average molecular weight is 328 g/mol. The van der Waals surface area contributed by atoms with Crippen molar-refractivity contribution in [2.24, 2.45) is 17.6 Å². The molecule has 0 radical (unpaired) electrons. The Morgan fingerprint density at radius 2 is 2.00 bits per heavy atom. The van der Waals surface area contributed by atoms with E-state index >= 15 is 0 Å². The summed E-state index contributed by atoms with van der Waals surface area (Å²) in [7, 11) is 0. The highest BCUT2D eigenvalue weighted by Gasteiger charge is 2.29. The van der Waals surface area contributed by atoms with E-state index in [-0.39, 0.29) is 17.7 Å². The molecule has 3 heterocycles. The Morgan fingerprint density at radius 1 is 1.29 bits per heavy atom. The second-order valence-electron chi connectivity index (χ2n) is 6.90. The molecule has 0 atom stereocenters. The molecule has 24 heavy (non-hydrogen) atoms. The van der Waals surface area contributed by atoms with E-state index in [0.717, 1.165) is 17.8 Å². The summed E-state index contributed by atoms with van der Waals surface area (Å²) in [5, 5.41) is 0. The summed E-state index contributed by atoms with van der Waals surface area (Å²) in [6, 6.07) is 5.80. The Balaban J connectivity index is 1.86. The molecule has 1 aliphatic heterocycles. The lowest BCUT2D eigenvalue weighted by atomic mass is 9.96. The van der Waals surface area contributed by atoms with Gasteiger partial charge in [-0.1, -0.05) is 19.9 Å². The van der Waals surface area contributed by atoms with Gasteiger partial charge < -0.3 is 15.0 Å². The van der Waals surface area contributed by atoms with Gasteiger partial charge in [0, 0.05) is 31.6 Å². The van der Waals surface area contributed by atoms with Gasteiger partial charge >= 0.3 is 0 Å². The third-order valence-electron chi connectivity index (χ3n) is 4.60. The number of imidazole rings is 1. The average Bonchev–Trinajstić information content (AvgIpc) is 2.92. The van der Waals surface area contributed by atoms with Crippen LogP contribution in [0.2, 0.25) is 0 Å². The standard InChI is InChI=1S/C18H24N4O2/c1-12(2)11-15-20-16(14-5-3-4-8-22(14)15)18(24)21-9-6-13(7-10-21)17(19)23/h3-5,8,12-13H,6-7,9-11H2,1-2H3,(H2,19,23). The first-order valence-electron chi connectivity index (χ1n) is 8.52. The number of carbonyl (C=O) groups is 2. The van der Waals surface area contributed by atoms with E-state index in [4.69, 9.17) is 5.73 Å². The molecule has 0 aromatic carbocycles. The second-order valence-corrected chi connectivity index (χ2v) is 6.90. The highest BCUT2D eigenvalue weighted by Crippen LogP contribution is 2.22. The molecule has 1 aliphatic rings. The minimum absolute atomic E-state index is 0.0587. The van der Waals surface area contributed by atoms with Crippen LogP contribution in [0, 0.1) is 11.8 Å². The van der Waals surface area contributed by atoms with Crippen molar-refractivity contribution in [2.75, 3.05) is 13.1 Å². The Bertz CT molecular complexity index is 757. The van der Waals surface area contributed by atoms with Crippen molar-refractivity contribution < 1.29 is 9.59 Å². The van der Waals surface area contributed by atoms with E-state index in [9.17, 15) is 9.59 Å². The fourth-order valence-corrected chi connectivity index (χ4v) is 3.28. The first-order chi connectivity index (χ1) is 11.5. The molecule has 6 heteroatoms. The van der Waals surface area contributed by atoms with E-state index in [1.165, 1.54) is 0 Å². The predicted octanol–water partition coefficient (Wildman–Crippen LogP) is 1.87. The van der Waals surface area contributed by atoms with Gasteiger partial charge in [-0.05, 0) is 30.9 Å². The molecule has 2 aromatic heterocycles. The lowest BCUT2D eigenvalue weighted by Gasteiger charge is -2.30. The highest BCUT2D eigenvalue weighted by atomic mass is 16.2. The summed E-state index contributed by atoms with van der Waals surface area (Å²) in [6.07, 6.45) is 4.04. The largest absolute Gasteiger partial charge is 0.369 e. The number of likely N-dealkylation sites (tertiary alicyclic amines) is 1. The van der Waals surface area contributed by atoms with Gasteiger partial charge in [0.25, 0.3) is 5.91 Å². The third kappa shape index (κ3) is 3.13. The van der Waals surface area contributed by atoms with Gasteiger partial charge in [-0.15, -0.1) is 0 Å². The summed E-state index contributed by atoms with van der Waals surface area (Å²) in [5.41, 5.74) is 6.71. The third-order valence-corrected chi connectivity index (χ3v) is 4.60. The van der Waals surface area contributed by atoms with Crippen molar-refractivity contribution in [3.63, 3.8) is 0 Å². The number of primary amides is 1. The van der Waals surface area contributed by atoms with Crippen molar-refractivity contribution in [3.8, 4) is 0 Å². The van der Waals surface area contributed by atoms with Gasteiger partial charge in [0.05, 0.1) is 5.52 Å². The van der Waals surface area contributed by atoms with E-state index in [2.05, 4.69) is 18.8 Å². The molecular formula is C18H24N4O2. The Kier molecular flexibility index (Phi) is 4.55. The van der Waals surface area contributed by atoms with Crippen LogP contribution >= 0.6 is 0 Å². The zero-order chi connectivity index (χ0) is 17.3. The van der Waals surface area contributed by atoms with Crippen molar-refractivity contribution in [2.45, 2.75) is 33.1 Å². The maximum Gasteiger partial charge on any atom is 0.274 e. The molecule has 1 fully saturated rings. The van der Waals surface area contributed by atoms with Crippen molar-refractivity contribution in [1.82, 2.24) is 14.3 Å². The SMILES string of the molecule is CC(C)Cc1nc(C(=O)N2CCC(C(N)=O)CC2)c2ccccn12. The topological polar surface area (TPSA) is 80.7 Å². The molecule has 2 aromatic rings. The molecule has 0 spiro atoms. The molecule has 0 unspecified atom stereocenters. The molecule has 3 rings (SSSR count). The van der Waals surface area contributed by atoms with Crippen LogP contribution in [-0.2, 0) is 11.2 Å². The van der Waals surface area contributed by atoms with E-state index in [0.29, 0.717) is 37.5 Å². The number of fused-ring (bicyclic) bond motifs is 1. The zero-order valence-electron chi connectivity index (χ0n) is 14.2. The fraction of sp³-hybridized carbons (Fsp3) is 0.500. The van der Waals surface area contributed by atoms with Crippen LogP contribution in [0.25, 0.3) is 5.52 Å². The lowest BCUT2D eigenvalue weighted by Crippen LogP contribution is -2.41. The number of amides is 2. The summed E-state index contributed by atoms with van der Waals surface area (Å²) in [6.45, 7) is 5.38. The Labute approximate surface area is 141 Å². The molecular weight excluding hydrogens is 304 g/mol. The van der Waals surface area contributed by atoms with Gasteiger partial charge in [-0.25, -0.2) is 4.98 Å². The van der Waals surface area contributed by atoms with E-state index < -0.39 is 0 Å². The van der Waals surface area contributed by atoms with E-state index in [1.807, 2.05) is 28.8 Å². The maximum atomic E-state index is 12.9. The quantitative estimate of drug-likeness (QED) is 0.930.